The molecule has 0 bridgehead atoms. The number of hydrogen-bond donors (Lipinski definition) is 1. The molecule has 0 aromatic heterocycles. The summed E-state index contributed by atoms with van der Waals surface area (Å²) in [6.45, 7) is 4.37. The van der Waals surface area contributed by atoms with E-state index in [9.17, 15) is 0 Å². The molecule has 0 aliphatic heterocycles. The second-order valence-electron chi connectivity index (χ2n) is 6.29. The average molecular weight is 279 g/mol. The molecule has 1 fully saturated rings. The first-order valence-electron chi connectivity index (χ1n) is 8.18. The van der Waals surface area contributed by atoms with Crippen LogP contribution in [0.5, 0.6) is 0 Å². The van der Waals surface area contributed by atoms with Gasteiger partial charge in [-0.05, 0) is 61.4 Å². The molecule has 0 heterocycles. The Morgan fingerprint density at radius 2 is 1.52 bits per heavy atom. The van der Waals surface area contributed by atoms with Crippen molar-refractivity contribution >= 4 is 11.4 Å². The molecular weight excluding hydrogens is 254 g/mol. The minimum absolute atomic E-state index is 0.729. The van der Waals surface area contributed by atoms with Crippen molar-refractivity contribution < 1.29 is 0 Å². The minimum atomic E-state index is 0.729. The van der Waals surface area contributed by atoms with Gasteiger partial charge in [0.15, 0.2) is 0 Å². The number of benzene rings is 2. The van der Waals surface area contributed by atoms with Gasteiger partial charge in [-0.25, -0.2) is 0 Å². The van der Waals surface area contributed by atoms with Gasteiger partial charge >= 0.3 is 0 Å². The second-order valence-corrected chi connectivity index (χ2v) is 6.29. The Morgan fingerprint density at radius 1 is 0.810 bits per heavy atom. The van der Waals surface area contributed by atoms with Crippen LogP contribution in [0.2, 0.25) is 0 Å². The monoisotopic (exact) mass is 279 g/mol. The largest absolute Gasteiger partial charge is 0.355 e. The van der Waals surface area contributed by atoms with Crippen molar-refractivity contribution in [1.82, 2.24) is 0 Å². The summed E-state index contributed by atoms with van der Waals surface area (Å²) in [6.07, 6.45) is 6.84. The Morgan fingerprint density at radius 3 is 2.33 bits per heavy atom. The molecule has 110 valence electrons. The summed E-state index contributed by atoms with van der Waals surface area (Å²) < 4.78 is 0. The Hall–Kier alpha value is -1.76. The van der Waals surface area contributed by atoms with Crippen LogP contribution in [0.4, 0.5) is 11.4 Å². The summed E-state index contributed by atoms with van der Waals surface area (Å²) in [5.41, 5.74) is 6.71. The Kier molecular flexibility index (Phi) is 4.28. The van der Waals surface area contributed by atoms with Gasteiger partial charge in [-0.2, -0.15) is 0 Å². The van der Waals surface area contributed by atoms with Crippen LogP contribution >= 0.6 is 0 Å². The van der Waals surface area contributed by atoms with Crippen LogP contribution in [0.1, 0.15) is 54.7 Å². The number of anilines is 2. The fourth-order valence-corrected chi connectivity index (χ4v) is 3.41. The van der Waals surface area contributed by atoms with Crippen molar-refractivity contribution in [2.75, 3.05) is 5.32 Å². The lowest BCUT2D eigenvalue weighted by Gasteiger charge is -2.25. The molecule has 0 spiro atoms. The SMILES string of the molecule is Cc1cccc(Nc2ccccc2C2CCCCC2)c1C. The highest BCUT2D eigenvalue weighted by molar-refractivity contribution is 5.67. The Labute approximate surface area is 128 Å². The van der Waals surface area contributed by atoms with Gasteiger partial charge in [0.25, 0.3) is 0 Å². The first kappa shape index (κ1) is 14.2. The first-order valence-corrected chi connectivity index (χ1v) is 8.18. The van der Waals surface area contributed by atoms with Crippen LogP contribution in [-0.2, 0) is 0 Å². The number of aryl methyl sites for hydroxylation is 1. The van der Waals surface area contributed by atoms with Crippen molar-refractivity contribution in [2.24, 2.45) is 0 Å². The second kappa shape index (κ2) is 6.34. The zero-order valence-electron chi connectivity index (χ0n) is 13.2. The molecule has 1 nitrogen and oxygen atoms in total. The Bertz CT molecular complexity index is 609. The minimum Gasteiger partial charge on any atom is -0.355 e. The molecule has 1 heteroatoms. The average Bonchev–Trinajstić information content (AvgIpc) is 2.53. The molecule has 1 saturated carbocycles. The van der Waals surface area contributed by atoms with E-state index in [-0.39, 0.29) is 0 Å². The van der Waals surface area contributed by atoms with Crippen molar-refractivity contribution in [3.63, 3.8) is 0 Å². The van der Waals surface area contributed by atoms with Gasteiger partial charge in [-0.3, -0.25) is 0 Å². The highest BCUT2D eigenvalue weighted by atomic mass is 14.9. The van der Waals surface area contributed by atoms with Crippen molar-refractivity contribution in [1.29, 1.82) is 0 Å². The van der Waals surface area contributed by atoms with Gasteiger partial charge < -0.3 is 5.32 Å². The molecule has 0 amide bonds. The highest BCUT2D eigenvalue weighted by Crippen LogP contribution is 2.37. The van der Waals surface area contributed by atoms with E-state index in [0.717, 1.165) is 5.92 Å². The summed E-state index contributed by atoms with van der Waals surface area (Å²) in [5.74, 6) is 0.729. The van der Waals surface area contributed by atoms with Gasteiger partial charge in [0.1, 0.15) is 0 Å². The molecule has 1 aliphatic carbocycles. The maximum absolute atomic E-state index is 3.68. The van der Waals surface area contributed by atoms with Gasteiger partial charge in [-0.15, -0.1) is 0 Å². The molecule has 2 aromatic rings. The molecule has 1 aliphatic rings. The molecule has 0 saturated heterocycles. The predicted molar refractivity (Wildman–Crippen MR) is 91.5 cm³/mol. The van der Waals surface area contributed by atoms with Gasteiger partial charge in [-0.1, -0.05) is 49.6 Å². The van der Waals surface area contributed by atoms with Crippen LogP contribution in [0.3, 0.4) is 0 Å². The van der Waals surface area contributed by atoms with E-state index in [4.69, 9.17) is 0 Å². The molecular formula is C20H25N. The van der Waals surface area contributed by atoms with E-state index in [1.165, 1.54) is 60.2 Å². The van der Waals surface area contributed by atoms with Crippen LogP contribution in [0, 0.1) is 13.8 Å². The summed E-state index contributed by atoms with van der Waals surface area (Å²) in [6, 6.07) is 15.3. The lowest BCUT2D eigenvalue weighted by molar-refractivity contribution is 0.444. The number of hydrogen-bond acceptors (Lipinski definition) is 1. The highest BCUT2D eigenvalue weighted by Gasteiger charge is 2.18. The fraction of sp³-hybridized carbons (Fsp3) is 0.400. The summed E-state index contributed by atoms with van der Waals surface area (Å²) in [4.78, 5) is 0. The van der Waals surface area contributed by atoms with E-state index in [2.05, 4.69) is 61.6 Å². The van der Waals surface area contributed by atoms with Gasteiger partial charge in [0.05, 0.1) is 0 Å². The molecule has 0 radical (unpaired) electrons. The summed E-state index contributed by atoms with van der Waals surface area (Å²) in [7, 11) is 0. The van der Waals surface area contributed by atoms with Crippen molar-refractivity contribution in [3.05, 3.63) is 59.2 Å². The van der Waals surface area contributed by atoms with Crippen molar-refractivity contribution in [3.8, 4) is 0 Å². The topological polar surface area (TPSA) is 12.0 Å². The summed E-state index contributed by atoms with van der Waals surface area (Å²) in [5, 5.41) is 3.68. The molecule has 1 N–H and O–H groups in total. The first-order chi connectivity index (χ1) is 10.3. The third-order valence-corrected chi connectivity index (χ3v) is 4.88. The maximum Gasteiger partial charge on any atom is 0.0419 e. The van der Waals surface area contributed by atoms with Crippen molar-refractivity contribution in [2.45, 2.75) is 51.9 Å². The third kappa shape index (κ3) is 3.12. The lowest BCUT2D eigenvalue weighted by Crippen LogP contribution is -2.07. The molecule has 21 heavy (non-hydrogen) atoms. The van der Waals surface area contributed by atoms with E-state index >= 15 is 0 Å². The van der Waals surface area contributed by atoms with Crippen LogP contribution in [-0.4, -0.2) is 0 Å². The van der Waals surface area contributed by atoms with E-state index in [1.807, 2.05) is 0 Å². The van der Waals surface area contributed by atoms with Gasteiger partial charge in [0, 0.05) is 11.4 Å². The molecule has 0 atom stereocenters. The number of nitrogens with one attached hydrogen (secondary N) is 1. The zero-order valence-corrected chi connectivity index (χ0v) is 13.2. The fourth-order valence-electron chi connectivity index (χ4n) is 3.41. The molecule has 3 rings (SSSR count). The standard InChI is InChI=1S/C20H25N/c1-15-9-8-14-19(16(15)2)21-20-13-7-6-12-18(20)17-10-4-3-5-11-17/h6-9,12-14,17,21H,3-5,10-11H2,1-2H3. The Balaban J connectivity index is 1.90. The van der Waals surface area contributed by atoms with Crippen LogP contribution < -0.4 is 5.32 Å². The van der Waals surface area contributed by atoms with Gasteiger partial charge in [0.2, 0.25) is 0 Å². The van der Waals surface area contributed by atoms with Crippen LogP contribution in [0.15, 0.2) is 42.5 Å². The maximum atomic E-state index is 3.68. The smallest absolute Gasteiger partial charge is 0.0419 e. The molecule has 0 unspecified atom stereocenters. The quantitative estimate of drug-likeness (QED) is 0.716. The number of rotatable bonds is 3. The normalized spacial score (nSPS) is 15.9. The third-order valence-electron chi connectivity index (χ3n) is 4.88. The molecule has 2 aromatic carbocycles. The van der Waals surface area contributed by atoms with E-state index in [1.54, 1.807) is 0 Å². The van der Waals surface area contributed by atoms with E-state index < -0.39 is 0 Å². The van der Waals surface area contributed by atoms with E-state index in [0.29, 0.717) is 0 Å². The van der Waals surface area contributed by atoms with Crippen LogP contribution in [0.25, 0.3) is 0 Å². The zero-order chi connectivity index (χ0) is 14.7. The predicted octanol–water partition coefficient (Wildman–Crippen LogP) is 6.09. The lowest BCUT2D eigenvalue weighted by atomic mass is 9.83. The summed E-state index contributed by atoms with van der Waals surface area (Å²) >= 11 is 0. The number of para-hydroxylation sites is 1.